The Bertz CT molecular complexity index is 1190. The first-order valence-electron chi connectivity index (χ1n) is 9.80. The van der Waals surface area contributed by atoms with Crippen LogP contribution in [-0.2, 0) is 6.61 Å². The quantitative estimate of drug-likeness (QED) is 0.436. The number of benzene rings is 3. The Balaban J connectivity index is 1.52. The molecule has 0 atom stereocenters. The fraction of sp³-hybridized carbons (Fsp3) is 0.125. The van der Waals surface area contributed by atoms with Gasteiger partial charge in [0.2, 0.25) is 5.82 Å². The zero-order valence-corrected chi connectivity index (χ0v) is 17.6. The van der Waals surface area contributed by atoms with Gasteiger partial charge in [-0.25, -0.2) is 0 Å². The molecule has 32 heavy (non-hydrogen) atoms. The van der Waals surface area contributed by atoms with Crippen molar-refractivity contribution in [3.63, 3.8) is 0 Å². The number of ether oxygens (including phenoxy) is 3. The Morgan fingerprint density at radius 3 is 2.31 bits per heavy atom. The number of hydrogen-bond acceptors (Lipinski definition) is 7. The van der Waals surface area contributed by atoms with E-state index in [1.807, 2.05) is 36.4 Å². The van der Waals surface area contributed by atoms with E-state index >= 15 is 0 Å². The second kappa shape index (κ2) is 9.65. The van der Waals surface area contributed by atoms with E-state index in [1.165, 1.54) is 14.2 Å². The van der Waals surface area contributed by atoms with Crippen LogP contribution in [0.25, 0.3) is 11.5 Å². The van der Waals surface area contributed by atoms with E-state index in [1.54, 1.807) is 36.4 Å². The molecule has 4 rings (SSSR count). The van der Waals surface area contributed by atoms with Gasteiger partial charge < -0.3 is 24.1 Å². The summed E-state index contributed by atoms with van der Waals surface area (Å²) in [5, 5.41) is 6.86. The maximum atomic E-state index is 12.9. The lowest BCUT2D eigenvalue weighted by atomic mass is 10.1. The second-order valence-corrected chi connectivity index (χ2v) is 6.72. The van der Waals surface area contributed by atoms with Gasteiger partial charge in [0.1, 0.15) is 17.2 Å². The van der Waals surface area contributed by atoms with Crippen LogP contribution in [0.4, 0.5) is 5.69 Å². The van der Waals surface area contributed by atoms with Gasteiger partial charge in [-0.15, -0.1) is 0 Å². The summed E-state index contributed by atoms with van der Waals surface area (Å²) in [6, 6.07) is 21.5. The van der Waals surface area contributed by atoms with Gasteiger partial charge >= 0.3 is 0 Å². The zero-order chi connectivity index (χ0) is 22.3. The Kier molecular flexibility index (Phi) is 6.31. The van der Waals surface area contributed by atoms with Gasteiger partial charge in [-0.1, -0.05) is 35.5 Å². The third-order valence-corrected chi connectivity index (χ3v) is 4.60. The topological polar surface area (TPSA) is 95.7 Å². The first kappa shape index (κ1) is 20.9. The van der Waals surface area contributed by atoms with E-state index in [0.717, 1.165) is 0 Å². The van der Waals surface area contributed by atoms with Gasteiger partial charge in [0.15, 0.2) is 6.61 Å². The average Bonchev–Trinajstić information content (AvgIpc) is 3.32. The molecule has 0 fully saturated rings. The number of carbonyl (C=O) groups is 1. The first-order chi connectivity index (χ1) is 15.7. The molecule has 0 spiro atoms. The van der Waals surface area contributed by atoms with Crippen LogP contribution in [0.3, 0.4) is 0 Å². The summed E-state index contributed by atoms with van der Waals surface area (Å²) in [5.41, 5.74) is 1.51. The highest BCUT2D eigenvalue weighted by Gasteiger charge is 2.16. The van der Waals surface area contributed by atoms with Gasteiger partial charge in [-0.05, 0) is 36.4 Å². The Morgan fingerprint density at radius 1 is 0.906 bits per heavy atom. The largest absolute Gasteiger partial charge is 0.497 e. The van der Waals surface area contributed by atoms with Gasteiger partial charge in [0.25, 0.3) is 11.8 Å². The van der Waals surface area contributed by atoms with E-state index in [2.05, 4.69) is 15.5 Å². The number of nitrogens with one attached hydrogen (secondary N) is 1. The van der Waals surface area contributed by atoms with E-state index < -0.39 is 0 Å². The summed E-state index contributed by atoms with van der Waals surface area (Å²) in [7, 11) is 3.06. The molecule has 0 bridgehead atoms. The molecule has 0 saturated carbocycles. The first-order valence-corrected chi connectivity index (χ1v) is 9.80. The molecule has 1 N–H and O–H groups in total. The Hall–Kier alpha value is -4.33. The monoisotopic (exact) mass is 431 g/mol. The smallest absolute Gasteiger partial charge is 0.260 e. The molecule has 0 aliphatic rings. The normalized spacial score (nSPS) is 10.4. The highest BCUT2D eigenvalue weighted by Crippen LogP contribution is 2.28. The summed E-state index contributed by atoms with van der Waals surface area (Å²) < 4.78 is 21.6. The Morgan fingerprint density at radius 2 is 1.59 bits per heavy atom. The number of hydrogen-bond donors (Lipinski definition) is 1. The van der Waals surface area contributed by atoms with Crippen molar-refractivity contribution < 1.29 is 23.5 Å². The lowest BCUT2D eigenvalue weighted by molar-refractivity contribution is 0.102. The van der Waals surface area contributed by atoms with Crippen LogP contribution in [0.1, 0.15) is 16.2 Å². The molecular weight excluding hydrogens is 410 g/mol. The predicted molar refractivity (Wildman–Crippen MR) is 118 cm³/mol. The molecule has 0 unspecified atom stereocenters. The zero-order valence-electron chi connectivity index (χ0n) is 17.6. The van der Waals surface area contributed by atoms with Crippen LogP contribution >= 0.6 is 0 Å². The number of nitrogens with zero attached hydrogens (tertiary/aromatic N) is 2. The van der Waals surface area contributed by atoms with Crippen molar-refractivity contribution in [2.45, 2.75) is 6.61 Å². The van der Waals surface area contributed by atoms with Crippen LogP contribution in [-0.4, -0.2) is 30.3 Å². The molecule has 0 aliphatic carbocycles. The fourth-order valence-corrected chi connectivity index (χ4v) is 3.00. The molecule has 1 aromatic heterocycles. The van der Waals surface area contributed by atoms with Crippen LogP contribution < -0.4 is 19.5 Å². The summed E-state index contributed by atoms with van der Waals surface area (Å²) in [6.45, 7) is 0.158. The van der Waals surface area contributed by atoms with Crippen molar-refractivity contribution in [2.24, 2.45) is 0 Å². The number of anilines is 1. The maximum Gasteiger partial charge on any atom is 0.260 e. The minimum Gasteiger partial charge on any atom is -0.497 e. The molecule has 4 aromatic rings. The molecule has 0 radical (unpaired) electrons. The fourth-order valence-electron chi connectivity index (χ4n) is 3.00. The third-order valence-electron chi connectivity index (χ3n) is 4.60. The molecule has 3 aromatic carbocycles. The lowest BCUT2D eigenvalue weighted by Crippen LogP contribution is -2.13. The van der Waals surface area contributed by atoms with Crippen molar-refractivity contribution in [1.82, 2.24) is 10.1 Å². The molecule has 0 saturated heterocycles. The second-order valence-electron chi connectivity index (χ2n) is 6.72. The minimum atomic E-state index is -0.332. The summed E-state index contributed by atoms with van der Waals surface area (Å²) in [5.74, 6) is 2.07. The number of aromatic nitrogens is 2. The van der Waals surface area contributed by atoms with Crippen LogP contribution in [0.5, 0.6) is 17.2 Å². The van der Waals surface area contributed by atoms with Crippen molar-refractivity contribution in [3.8, 4) is 28.7 Å². The molecule has 1 heterocycles. The van der Waals surface area contributed by atoms with Gasteiger partial charge in [0, 0.05) is 11.6 Å². The summed E-state index contributed by atoms with van der Waals surface area (Å²) in [4.78, 5) is 17.3. The molecular formula is C24H21N3O5. The van der Waals surface area contributed by atoms with Crippen molar-refractivity contribution >= 4 is 11.6 Å². The third kappa shape index (κ3) is 4.86. The van der Waals surface area contributed by atoms with E-state index in [-0.39, 0.29) is 18.4 Å². The van der Waals surface area contributed by atoms with Crippen LogP contribution in [0, 0.1) is 0 Å². The summed E-state index contributed by atoms with van der Waals surface area (Å²) in [6.07, 6.45) is 0. The van der Waals surface area contributed by atoms with Crippen molar-refractivity contribution in [2.75, 3.05) is 19.5 Å². The number of rotatable bonds is 8. The number of carbonyl (C=O) groups excluding carboxylic acids is 1. The number of methoxy groups -OCH3 is 2. The van der Waals surface area contributed by atoms with Crippen LogP contribution in [0.2, 0.25) is 0 Å². The highest BCUT2D eigenvalue weighted by atomic mass is 16.5. The van der Waals surface area contributed by atoms with Gasteiger partial charge in [-0.3, -0.25) is 4.79 Å². The Labute approximate surface area is 184 Å². The molecule has 162 valence electrons. The van der Waals surface area contributed by atoms with Crippen LogP contribution in [0.15, 0.2) is 77.3 Å². The number of amides is 1. The van der Waals surface area contributed by atoms with Crippen molar-refractivity contribution in [1.29, 1.82) is 0 Å². The predicted octanol–water partition coefficient (Wildman–Crippen LogP) is 4.59. The lowest BCUT2D eigenvalue weighted by Gasteiger charge is -2.11. The van der Waals surface area contributed by atoms with E-state index in [4.69, 9.17) is 18.7 Å². The standard InChI is InChI=1S/C24H21N3O5/c1-29-18-12-16(13-19(14-18)30-2)23(28)25-21-11-7-6-10-20(21)24-26-22(27-32-24)15-31-17-8-4-3-5-9-17/h3-14H,15H2,1-2H3,(H,25,28). The molecule has 0 aliphatic heterocycles. The number of para-hydroxylation sites is 2. The minimum absolute atomic E-state index is 0.158. The van der Waals surface area contributed by atoms with E-state index in [9.17, 15) is 4.79 Å². The summed E-state index contributed by atoms with van der Waals surface area (Å²) >= 11 is 0. The van der Waals surface area contributed by atoms with Gasteiger partial charge in [0.05, 0.1) is 25.5 Å². The highest BCUT2D eigenvalue weighted by molar-refractivity contribution is 6.06. The van der Waals surface area contributed by atoms with Gasteiger partial charge in [-0.2, -0.15) is 4.98 Å². The SMILES string of the molecule is COc1cc(OC)cc(C(=O)Nc2ccccc2-c2nc(COc3ccccc3)no2)c1. The van der Waals surface area contributed by atoms with E-state index in [0.29, 0.717) is 39.9 Å². The molecule has 8 nitrogen and oxygen atoms in total. The molecule has 1 amide bonds. The van der Waals surface area contributed by atoms with Crippen molar-refractivity contribution in [3.05, 3.63) is 84.2 Å². The molecule has 8 heteroatoms. The maximum absolute atomic E-state index is 12.9. The average molecular weight is 431 g/mol.